The summed E-state index contributed by atoms with van der Waals surface area (Å²) in [7, 11) is 0. The Labute approximate surface area is 96.7 Å². The molecule has 15 heavy (non-hydrogen) atoms. The van der Waals surface area contributed by atoms with E-state index in [2.05, 4.69) is 20.9 Å². The maximum Gasteiger partial charge on any atom is 0.514 e. The number of hydrogen-bond acceptors (Lipinski definition) is 4. The standard InChI is InChI=1S/C10H12BrNO3/c1-10(2,3)15-9(13)14-8-4-7(11)5-12-6-8/h4-6H,1-3H3. The molecule has 0 aliphatic carbocycles. The Morgan fingerprint density at radius 3 is 2.60 bits per heavy atom. The minimum Gasteiger partial charge on any atom is -0.428 e. The highest BCUT2D eigenvalue weighted by molar-refractivity contribution is 9.10. The van der Waals surface area contributed by atoms with Crippen LogP contribution in [0.5, 0.6) is 5.75 Å². The summed E-state index contributed by atoms with van der Waals surface area (Å²) in [6.45, 7) is 5.31. The Bertz CT molecular complexity index is 360. The predicted octanol–water partition coefficient (Wildman–Crippen LogP) is 3.16. The highest BCUT2D eigenvalue weighted by Gasteiger charge is 2.18. The largest absolute Gasteiger partial charge is 0.514 e. The molecule has 0 atom stereocenters. The average molecular weight is 274 g/mol. The highest BCUT2D eigenvalue weighted by atomic mass is 79.9. The molecular weight excluding hydrogens is 262 g/mol. The zero-order chi connectivity index (χ0) is 11.5. The molecular formula is C10H12BrNO3. The number of halogens is 1. The van der Waals surface area contributed by atoms with Gasteiger partial charge in [-0.15, -0.1) is 0 Å². The first-order valence-electron chi connectivity index (χ1n) is 4.38. The zero-order valence-electron chi connectivity index (χ0n) is 8.78. The molecule has 0 spiro atoms. The van der Waals surface area contributed by atoms with Crippen molar-refractivity contribution in [2.24, 2.45) is 0 Å². The SMILES string of the molecule is CC(C)(C)OC(=O)Oc1cncc(Br)c1. The lowest BCUT2D eigenvalue weighted by atomic mass is 10.2. The molecule has 4 nitrogen and oxygen atoms in total. The van der Waals surface area contributed by atoms with Crippen LogP contribution >= 0.6 is 15.9 Å². The fourth-order valence-electron chi connectivity index (χ4n) is 0.815. The van der Waals surface area contributed by atoms with Gasteiger partial charge in [-0.25, -0.2) is 4.79 Å². The summed E-state index contributed by atoms with van der Waals surface area (Å²) in [5, 5.41) is 0. The molecule has 1 heterocycles. The van der Waals surface area contributed by atoms with Gasteiger partial charge in [0.15, 0.2) is 5.75 Å². The first-order chi connectivity index (χ1) is 6.87. The molecule has 0 radical (unpaired) electrons. The summed E-state index contributed by atoms with van der Waals surface area (Å²) in [4.78, 5) is 15.1. The molecule has 0 N–H and O–H groups in total. The third-order valence-electron chi connectivity index (χ3n) is 1.27. The zero-order valence-corrected chi connectivity index (χ0v) is 10.4. The van der Waals surface area contributed by atoms with E-state index in [0.717, 1.165) is 4.47 Å². The smallest absolute Gasteiger partial charge is 0.428 e. The second-order valence-electron chi connectivity index (χ2n) is 3.91. The molecule has 1 aromatic heterocycles. The summed E-state index contributed by atoms with van der Waals surface area (Å²) in [6, 6.07) is 1.64. The van der Waals surface area contributed by atoms with Crippen LogP contribution in [0.25, 0.3) is 0 Å². The van der Waals surface area contributed by atoms with E-state index in [0.29, 0.717) is 5.75 Å². The third kappa shape index (κ3) is 4.78. The molecule has 1 rings (SSSR count). The van der Waals surface area contributed by atoms with Gasteiger partial charge in [0.1, 0.15) is 5.60 Å². The van der Waals surface area contributed by atoms with Crippen molar-refractivity contribution < 1.29 is 14.3 Å². The van der Waals surface area contributed by atoms with E-state index in [1.54, 1.807) is 33.0 Å². The Morgan fingerprint density at radius 1 is 1.40 bits per heavy atom. The summed E-state index contributed by atoms with van der Waals surface area (Å²) < 4.78 is 10.6. The molecule has 0 aliphatic heterocycles. The third-order valence-corrected chi connectivity index (χ3v) is 1.70. The maximum absolute atomic E-state index is 11.3. The van der Waals surface area contributed by atoms with E-state index in [9.17, 15) is 4.79 Å². The Kier molecular flexibility index (Phi) is 3.68. The fraction of sp³-hybridized carbons (Fsp3) is 0.400. The van der Waals surface area contributed by atoms with Crippen molar-refractivity contribution in [2.75, 3.05) is 0 Å². The van der Waals surface area contributed by atoms with Gasteiger partial charge in [0.25, 0.3) is 0 Å². The van der Waals surface area contributed by atoms with Gasteiger partial charge in [-0.05, 0) is 42.8 Å². The van der Waals surface area contributed by atoms with E-state index in [1.165, 1.54) is 6.20 Å². The van der Waals surface area contributed by atoms with Crippen molar-refractivity contribution in [1.82, 2.24) is 4.98 Å². The number of carbonyl (C=O) groups is 1. The van der Waals surface area contributed by atoms with Gasteiger partial charge in [0.2, 0.25) is 0 Å². The number of pyridine rings is 1. The van der Waals surface area contributed by atoms with Crippen LogP contribution in [0.15, 0.2) is 22.9 Å². The van der Waals surface area contributed by atoms with Gasteiger partial charge >= 0.3 is 6.16 Å². The molecule has 0 unspecified atom stereocenters. The van der Waals surface area contributed by atoms with Crippen LogP contribution in [0.4, 0.5) is 4.79 Å². The monoisotopic (exact) mass is 273 g/mol. The lowest BCUT2D eigenvalue weighted by Gasteiger charge is -2.18. The van der Waals surface area contributed by atoms with E-state index < -0.39 is 11.8 Å². The number of aromatic nitrogens is 1. The van der Waals surface area contributed by atoms with Crippen LogP contribution in [0.3, 0.4) is 0 Å². The van der Waals surface area contributed by atoms with Crippen molar-refractivity contribution in [3.05, 3.63) is 22.9 Å². The van der Waals surface area contributed by atoms with E-state index in [4.69, 9.17) is 9.47 Å². The fourth-order valence-corrected chi connectivity index (χ4v) is 1.16. The van der Waals surface area contributed by atoms with Crippen LogP contribution in [0.2, 0.25) is 0 Å². The quantitative estimate of drug-likeness (QED) is 0.738. The lowest BCUT2D eigenvalue weighted by Crippen LogP contribution is -2.25. The predicted molar refractivity (Wildman–Crippen MR) is 58.8 cm³/mol. The van der Waals surface area contributed by atoms with Gasteiger partial charge in [-0.2, -0.15) is 0 Å². The number of ether oxygens (including phenoxy) is 2. The van der Waals surface area contributed by atoms with Gasteiger partial charge in [0, 0.05) is 10.7 Å². The van der Waals surface area contributed by atoms with Gasteiger partial charge in [-0.1, -0.05) is 0 Å². The van der Waals surface area contributed by atoms with Crippen molar-refractivity contribution >= 4 is 22.1 Å². The molecule has 0 amide bonds. The van der Waals surface area contributed by atoms with E-state index in [-0.39, 0.29) is 0 Å². The molecule has 0 aliphatic rings. The average Bonchev–Trinajstić information content (AvgIpc) is 1.99. The first-order valence-corrected chi connectivity index (χ1v) is 5.17. The number of nitrogens with zero attached hydrogens (tertiary/aromatic N) is 1. The minimum absolute atomic E-state index is 0.346. The van der Waals surface area contributed by atoms with Gasteiger partial charge in [0.05, 0.1) is 6.20 Å². The van der Waals surface area contributed by atoms with Crippen LogP contribution in [-0.4, -0.2) is 16.7 Å². The van der Waals surface area contributed by atoms with Crippen LogP contribution in [0.1, 0.15) is 20.8 Å². The van der Waals surface area contributed by atoms with Crippen LogP contribution in [0, 0.1) is 0 Å². The summed E-state index contributed by atoms with van der Waals surface area (Å²) >= 11 is 3.22. The van der Waals surface area contributed by atoms with Crippen LogP contribution < -0.4 is 4.74 Å². The number of carbonyl (C=O) groups excluding carboxylic acids is 1. The highest BCUT2D eigenvalue weighted by Crippen LogP contribution is 2.17. The van der Waals surface area contributed by atoms with Crippen molar-refractivity contribution in [3.8, 4) is 5.75 Å². The Hall–Kier alpha value is -1.10. The molecule has 0 fully saturated rings. The van der Waals surface area contributed by atoms with E-state index >= 15 is 0 Å². The molecule has 0 aromatic carbocycles. The minimum atomic E-state index is -0.734. The molecule has 0 saturated carbocycles. The molecule has 0 bridgehead atoms. The molecule has 82 valence electrons. The summed E-state index contributed by atoms with van der Waals surface area (Å²) in [6.07, 6.45) is 2.30. The summed E-state index contributed by atoms with van der Waals surface area (Å²) in [5.41, 5.74) is -0.559. The Balaban J connectivity index is 2.59. The lowest BCUT2D eigenvalue weighted by molar-refractivity contribution is 0.0205. The topological polar surface area (TPSA) is 48.4 Å². The van der Waals surface area contributed by atoms with Gasteiger partial charge in [-0.3, -0.25) is 4.98 Å². The first kappa shape index (κ1) is 12.0. The molecule has 5 heteroatoms. The normalized spacial score (nSPS) is 10.9. The van der Waals surface area contributed by atoms with Crippen molar-refractivity contribution in [2.45, 2.75) is 26.4 Å². The van der Waals surface area contributed by atoms with Gasteiger partial charge < -0.3 is 9.47 Å². The van der Waals surface area contributed by atoms with Crippen LogP contribution in [-0.2, 0) is 4.74 Å². The van der Waals surface area contributed by atoms with E-state index in [1.807, 2.05) is 0 Å². The molecule has 1 aromatic rings. The Morgan fingerprint density at radius 2 is 2.07 bits per heavy atom. The van der Waals surface area contributed by atoms with Crippen molar-refractivity contribution in [1.29, 1.82) is 0 Å². The molecule has 0 saturated heterocycles. The second kappa shape index (κ2) is 4.61. The number of rotatable bonds is 1. The van der Waals surface area contributed by atoms with Crippen molar-refractivity contribution in [3.63, 3.8) is 0 Å². The summed E-state index contributed by atoms with van der Waals surface area (Å²) in [5.74, 6) is 0.346. The number of hydrogen-bond donors (Lipinski definition) is 0. The maximum atomic E-state index is 11.3. The second-order valence-corrected chi connectivity index (χ2v) is 4.82.